The Morgan fingerprint density at radius 3 is 2.40 bits per heavy atom. The third kappa shape index (κ3) is 0.310. The smallest absolute Gasteiger partial charge is 0.137 e. The van der Waals surface area contributed by atoms with Gasteiger partial charge in [-0.25, -0.2) is 0 Å². The maximum absolute atomic E-state index is 7.50. The Labute approximate surface area is 59.6 Å². The van der Waals surface area contributed by atoms with Crippen LogP contribution >= 0.6 is 0 Å². The van der Waals surface area contributed by atoms with Gasteiger partial charge in [0.2, 0.25) is 0 Å². The molecule has 3 rings (SSSR count). The first-order valence-electron chi connectivity index (χ1n) is 4.07. The second-order valence-electron chi connectivity index (χ2n) is 2.29. The van der Waals surface area contributed by atoms with Gasteiger partial charge in [-0.05, 0) is 12.1 Å². The molecule has 0 aliphatic rings. The molecule has 2 bridgehead atoms. The maximum Gasteiger partial charge on any atom is 0.137 e. The molecule has 0 aliphatic heterocycles. The van der Waals surface area contributed by atoms with E-state index in [0.717, 1.165) is 10.8 Å². The fraction of sp³-hybridized carbons (Fsp3) is 0. The molecular weight excluding hydrogens is 126 g/mol. The van der Waals surface area contributed by atoms with Gasteiger partial charge in [-0.3, -0.25) is 0 Å². The van der Waals surface area contributed by atoms with E-state index in [-0.39, 0.29) is 12.3 Å². The predicted octanol–water partition coefficient (Wildman–Crippen LogP) is 2.35. The summed E-state index contributed by atoms with van der Waals surface area (Å²) in [6, 6.07) is 3.64. The van der Waals surface area contributed by atoms with Crippen molar-refractivity contribution in [2.45, 2.75) is 0 Å². The number of hydrogen-bond acceptors (Lipinski definition) is 1. The van der Waals surface area contributed by atoms with Crippen LogP contribution in [0, 0.1) is 0 Å². The highest BCUT2D eigenvalue weighted by Gasteiger charge is 2.07. The molecule has 0 saturated heterocycles. The lowest BCUT2D eigenvalue weighted by molar-refractivity contribution is 0.678. The molecule has 2 nitrogen and oxygen atoms in total. The van der Waals surface area contributed by atoms with Crippen LogP contribution in [0.25, 0.3) is 21.9 Å². The van der Waals surface area contributed by atoms with Crippen LogP contribution in [0.5, 0.6) is 0 Å². The number of rotatable bonds is 0. The van der Waals surface area contributed by atoms with E-state index in [1.807, 2.05) is 12.1 Å². The highest BCUT2D eigenvalue weighted by Crippen LogP contribution is 2.30. The first-order chi connectivity index (χ1) is 5.77. The minimum Gasteiger partial charge on any atom is -0.456 e. The molecule has 0 saturated carbocycles. The third-order valence-electron chi connectivity index (χ3n) is 1.72. The molecule has 1 N–H and O–H groups in total. The summed E-state index contributed by atoms with van der Waals surface area (Å²) in [7, 11) is 0. The van der Waals surface area contributed by atoms with Crippen LogP contribution in [-0.2, 0) is 0 Å². The van der Waals surface area contributed by atoms with Gasteiger partial charge in [-0.15, -0.1) is 0 Å². The van der Waals surface area contributed by atoms with Crippen LogP contribution in [0.2, 0.25) is 0 Å². The van der Waals surface area contributed by atoms with Crippen molar-refractivity contribution in [2.75, 3.05) is 0 Å². The summed E-state index contributed by atoms with van der Waals surface area (Å²) >= 11 is 0. The molecule has 0 aromatic carbocycles. The molecule has 0 spiro atoms. The van der Waals surface area contributed by atoms with Crippen molar-refractivity contribution in [3.8, 4) is 0 Å². The third-order valence-corrected chi connectivity index (χ3v) is 1.72. The number of benzene rings is 1. The summed E-state index contributed by atoms with van der Waals surface area (Å²) in [6.07, 6.45) is 0.536. The molecule has 0 unspecified atom stereocenters. The molecule has 0 radical (unpaired) electrons. The van der Waals surface area contributed by atoms with Crippen LogP contribution in [0.15, 0.2) is 28.9 Å². The van der Waals surface area contributed by atoms with E-state index in [9.17, 15) is 0 Å². The minimum atomic E-state index is 0.268. The molecule has 10 heavy (non-hydrogen) atoms. The number of aromatic amines is 1. The molecule has 0 fully saturated rings. The van der Waals surface area contributed by atoms with Gasteiger partial charge in [-0.1, -0.05) is 0 Å². The van der Waals surface area contributed by atoms with Crippen LogP contribution in [0.4, 0.5) is 0 Å². The average molecular weight is 133 g/mol. The Morgan fingerprint density at radius 1 is 1.20 bits per heavy atom. The number of aromatic nitrogens is 1. The number of nitrogens with one attached hydrogen (secondary N) is 1. The van der Waals surface area contributed by atoms with Crippen molar-refractivity contribution < 1.29 is 7.16 Å². The SMILES string of the molecule is [2H]c1[nH]c([2H])c2c3ccc(o3)c12. The van der Waals surface area contributed by atoms with E-state index in [0.29, 0.717) is 11.2 Å². The Kier molecular flexibility index (Phi) is 0.368. The van der Waals surface area contributed by atoms with Crippen LogP contribution < -0.4 is 0 Å². The zero-order valence-electron chi connectivity index (χ0n) is 7.06. The van der Waals surface area contributed by atoms with Crippen molar-refractivity contribution in [3.05, 3.63) is 24.5 Å². The van der Waals surface area contributed by atoms with Gasteiger partial charge >= 0.3 is 0 Å². The highest BCUT2D eigenvalue weighted by molar-refractivity contribution is 6.06. The lowest BCUT2D eigenvalue weighted by Gasteiger charge is -1.74. The molecule has 3 aromatic rings. The Bertz CT molecular complexity index is 505. The molecule has 0 amide bonds. The topological polar surface area (TPSA) is 28.9 Å². The summed E-state index contributed by atoms with van der Waals surface area (Å²) in [5.41, 5.74) is 1.39. The number of furan rings is 2. The van der Waals surface area contributed by atoms with Gasteiger partial charge in [0.15, 0.2) is 0 Å². The molecule has 0 aliphatic carbocycles. The van der Waals surface area contributed by atoms with Crippen LogP contribution in [0.1, 0.15) is 2.74 Å². The van der Waals surface area contributed by atoms with E-state index >= 15 is 0 Å². The summed E-state index contributed by atoms with van der Waals surface area (Å²) < 4.78 is 20.3. The predicted molar refractivity (Wildman–Crippen MR) is 39.3 cm³/mol. The van der Waals surface area contributed by atoms with Gasteiger partial charge in [0, 0.05) is 23.1 Å². The van der Waals surface area contributed by atoms with E-state index < -0.39 is 0 Å². The largest absolute Gasteiger partial charge is 0.456 e. The molecule has 3 heterocycles. The molecule has 48 valence electrons. The summed E-state index contributed by atoms with van der Waals surface area (Å²) in [6.45, 7) is 0. The van der Waals surface area contributed by atoms with E-state index in [4.69, 9.17) is 7.16 Å². The van der Waals surface area contributed by atoms with E-state index in [1.165, 1.54) is 0 Å². The fourth-order valence-electron chi connectivity index (χ4n) is 1.26. The Balaban J connectivity index is 2.75. The normalized spacial score (nSPS) is 14.8. The van der Waals surface area contributed by atoms with Crippen molar-refractivity contribution in [1.82, 2.24) is 4.98 Å². The zero-order chi connectivity index (χ0) is 8.29. The standard InChI is InChI=1S/C8H5NO/c1-2-8-6-4-9-3-5(6)7(1)10-8/h1-4,9H/i3D,4D. The van der Waals surface area contributed by atoms with Crippen molar-refractivity contribution in [2.24, 2.45) is 0 Å². The molecule has 3 aromatic heterocycles. The lowest BCUT2D eigenvalue weighted by atomic mass is 10.2. The summed E-state index contributed by atoms with van der Waals surface area (Å²) in [5.74, 6) is 0. The van der Waals surface area contributed by atoms with Crippen molar-refractivity contribution in [1.29, 1.82) is 0 Å². The molecule has 2 heteroatoms. The maximum atomic E-state index is 7.50. The first kappa shape index (κ1) is 3.10. The highest BCUT2D eigenvalue weighted by atomic mass is 16.3. The number of fused-ring (bicyclic) bond motifs is 5. The van der Waals surface area contributed by atoms with Gasteiger partial charge in [0.25, 0.3) is 0 Å². The minimum absolute atomic E-state index is 0.268. The van der Waals surface area contributed by atoms with Gasteiger partial charge in [0.05, 0.1) is 2.74 Å². The summed E-state index contributed by atoms with van der Waals surface area (Å²) in [4.78, 5) is 2.65. The lowest BCUT2D eigenvalue weighted by Crippen LogP contribution is -1.54. The van der Waals surface area contributed by atoms with Crippen molar-refractivity contribution >= 4 is 21.9 Å². The molecule has 0 atom stereocenters. The first-order valence-corrected chi connectivity index (χ1v) is 3.07. The number of H-pyrrole nitrogens is 1. The van der Waals surface area contributed by atoms with Gasteiger partial charge < -0.3 is 9.40 Å². The van der Waals surface area contributed by atoms with Gasteiger partial charge in [-0.2, -0.15) is 0 Å². The zero-order valence-corrected chi connectivity index (χ0v) is 5.06. The average Bonchev–Trinajstić information content (AvgIpc) is 2.64. The monoisotopic (exact) mass is 133 g/mol. The Hall–Kier alpha value is -1.44. The van der Waals surface area contributed by atoms with Gasteiger partial charge in [0.1, 0.15) is 11.2 Å². The second kappa shape index (κ2) is 1.19. The second-order valence-corrected chi connectivity index (χ2v) is 2.29. The van der Waals surface area contributed by atoms with E-state index in [2.05, 4.69) is 4.98 Å². The Morgan fingerprint density at radius 2 is 1.80 bits per heavy atom. The van der Waals surface area contributed by atoms with Crippen LogP contribution in [-0.4, -0.2) is 4.98 Å². The fourth-order valence-corrected chi connectivity index (χ4v) is 1.26. The van der Waals surface area contributed by atoms with E-state index in [1.54, 1.807) is 0 Å². The van der Waals surface area contributed by atoms with Crippen LogP contribution in [0.3, 0.4) is 0 Å². The molecular formula is C8H5NO. The number of hydrogen-bond donors (Lipinski definition) is 1. The summed E-state index contributed by atoms with van der Waals surface area (Å²) in [5, 5.41) is 1.47. The quantitative estimate of drug-likeness (QED) is 0.501. The van der Waals surface area contributed by atoms with Crippen molar-refractivity contribution in [3.63, 3.8) is 0 Å².